The fourth-order valence-electron chi connectivity index (χ4n) is 1.47. The summed E-state index contributed by atoms with van der Waals surface area (Å²) in [6, 6.07) is 3.33. The van der Waals surface area contributed by atoms with E-state index in [1.54, 1.807) is 31.6 Å². The standard InChI is InChI=1S/C11H14N4O2/c1-15(7-10-13-4-5-14-10)11(16)9-3-2-8(6-12)17-9/h2-5H,6-7,12H2,1H3,(H,13,14). The van der Waals surface area contributed by atoms with Crippen LogP contribution in [0.1, 0.15) is 22.1 Å². The molecule has 0 unspecified atom stereocenters. The lowest BCUT2D eigenvalue weighted by atomic mass is 10.3. The number of rotatable bonds is 4. The van der Waals surface area contributed by atoms with Crippen LogP contribution in [0.2, 0.25) is 0 Å². The van der Waals surface area contributed by atoms with E-state index in [-0.39, 0.29) is 12.5 Å². The van der Waals surface area contributed by atoms with Crippen molar-refractivity contribution in [2.45, 2.75) is 13.1 Å². The molecule has 0 spiro atoms. The predicted octanol–water partition coefficient (Wildman–Crippen LogP) is 0.734. The van der Waals surface area contributed by atoms with E-state index in [1.807, 2.05) is 0 Å². The third-order valence-corrected chi connectivity index (χ3v) is 2.36. The summed E-state index contributed by atoms with van der Waals surface area (Å²) in [5.74, 6) is 1.42. The molecule has 0 fully saturated rings. The summed E-state index contributed by atoms with van der Waals surface area (Å²) in [6.07, 6.45) is 3.36. The number of aromatic amines is 1. The first kappa shape index (κ1) is 11.4. The highest BCUT2D eigenvalue weighted by atomic mass is 16.4. The molecule has 17 heavy (non-hydrogen) atoms. The molecule has 0 atom stereocenters. The van der Waals surface area contributed by atoms with Crippen molar-refractivity contribution in [1.29, 1.82) is 0 Å². The summed E-state index contributed by atoms with van der Waals surface area (Å²) < 4.78 is 5.29. The second-order valence-electron chi connectivity index (χ2n) is 3.67. The number of furan rings is 1. The molecule has 2 heterocycles. The van der Waals surface area contributed by atoms with Gasteiger partial charge in [-0.1, -0.05) is 0 Å². The minimum Gasteiger partial charge on any atom is -0.455 e. The molecule has 0 aliphatic rings. The minimum atomic E-state index is -0.193. The van der Waals surface area contributed by atoms with Crippen LogP contribution in [0.25, 0.3) is 0 Å². The monoisotopic (exact) mass is 234 g/mol. The molecule has 2 aromatic heterocycles. The molecular weight excluding hydrogens is 220 g/mol. The van der Waals surface area contributed by atoms with Crippen molar-refractivity contribution in [3.8, 4) is 0 Å². The number of aromatic nitrogens is 2. The summed E-state index contributed by atoms with van der Waals surface area (Å²) >= 11 is 0. The number of carbonyl (C=O) groups excluding carboxylic acids is 1. The molecule has 0 radical (unpaired) electrons. The summed E-state index contributed by atoms with van der Waals surface area (Å²) in [5, 5.41) is 0. The van der Waals surface area contributed by atoms with Gasteiger partial charge in [-0.15, -0.1) is 0 Å². The molecule has 0 aromatic carbocycles. The highest BCUT2D eigenvalue weighted by Crippen LogP contribution is 2.10. The minimum absolute atomic E-state index is 0.193. The number of nitrogens with one attached hydrogen (secondary N) is 1. The SMILES string of the molecule is CN(Cc1ncc[nH]1)C(=O)c1ccc(CN)o1. The number of carbonyl (C=O) groups is 1. The van der Waals surface area contributed by atoms with Gasteiger partial charge in [0.1, 0.15) is 11.6 Å². The quantitative estimate of drug-likeness (QED) is 0.816. The molecule has 0 bridgehead atoms. The molecule has 2 rings (SSSR count). The molecule has 6 heteroatoms. The Hall–Kier alpha value is -2.08. The first-order valence-corrected chi connectivity index (χ1v) is 5.23. The molecule has 2 aromatic rings. The number of hydrogen-bond donors (Lipinski definition) is 2. The lowest BCUT2D eigenvalue weighted by molar-refractivity contribution is 0.0748. The maximum Gasteiger partial charge on any atom is 0.289 e. The molecule has 6 nitrogen and oxygen atoms in total. The van der Waals surface area contributed by atoms with Crippen LogP contribution >= 0.6 is 0 Å². The van der Waals surface area contributed by atoms with Gasteiger partial charge in [-0.2, -0.15) is 0 Å². The van der Waals surface area contributed by atoms with Gasteiger partial charge in [-0.25, -0.2) is 4.98 Å². The molecule has 0 aliphatic carbocycles. The van der Waals surface area contributed by atoms with Crippen LogP contribution in [-0.4, -0.2) is 27.8 Å². The molecular formula is C11H14N4O2. The van der Waals surface area contributed by atoms with Crippen molar-refractivity contribution in [3.63, 3.8) is 0 Å². The maximum atomic E-state index is 11.9. The molecule has 0 saturated heterocycles. The van der Waals surface area contributed by atoms with Gasteiger partial charge in [-0.05, 0) is 12.1 Å². The highest BCUT2D eigenvalue weighted by Gasteiger charge is 2.16. The summed E-state index contributed by atoms with van der Waals surface area (Å²) in [6.45, 7) is 0.694. The molecule has 0 saturated carbocycles. The van der Waals surface area contributed by atoms with Crippen LogP contribution in [0.5, 0.6) is 0 Å². The fraction of sp³-hybridized carbons (Fsp3) is 0.273. The third-order valence-electron chi connectivity index (χ3n) is 2.36. The first-order valence-electron chi connectivity index (χ1n) is 5.23. The van der Waals surface area contributed by atoms with Crippen LogP contribution in [0.4, 0.5) is 0 Å². The predicted molar refractivity (Wildman–Crippen MR) is 61.0 cm³/mol. The topological polar surface area (TPSA) is 88.2 Å². The number of nitrogens with zero attached hydrogens (tertiary/aromatic N) is 2. The van der Waals surface area contributed by atoms with E-state index in [1.165, 1.54) is 4.90 Å². The van der Waals surface area contributed by atoms with E-state index < -0.39 is 0 Å². The number of H-pyrrole nitrogens is 1. The smallest absolute Gasteiger partial charge is 0.289 e. The van der Waals surface area contributed by atoms with E-state index in [9.17, 15) is 4.79 Å². The zero-order chi connectivity index (χ0) is 12.3. The van der Waals surface area contributed by atoms with Gasteiger partial charge in [0.2, 0.25) is 0 Å². The van der Waals surface area contributed by atoms with Gasteiger partial charge in [-0.3, -0.25) is 4.79 Å². The zero-order valence-corrected chi connectivity index (χ0v) is 9.51. The second kappa shape index (κ2) is 4.84. The Balaban J connectivity index is 2.04. The van der Waals surface area contributed by atoms with E-state index >= 15 is 0 Å². The van der Waals surface area contributed by atoms with Gasteiger partial charge in [0.25, 0.3) is 5.91 Å². The van der Waals surface area contributed by atoms with Crippen molar-refractivity contribution in [3.05, 3.63) is 41.9 Å². The van der Waals surface area contributed by atoms with E-state index in [0.29, 0.717) is 18.1 Å². The van der Waals surface area contributed by atoms with Crippen LogP contribution in [0.3, 0.4) is 0 Å². The highest BCUT2D eigenvalue weighted by molar-refractivity contribution is 5.91. The summed E-state index contributed by atoms with van der Waals surface area (Å²) in [5.41, 5.74) is 5.42. The van der Waals surface area contributed by atoms with Crippen molar-refractivity contribution >= 4 is 5.91 Å². The average Bonchev–Trinajstić information content (AvgIpc) is 2.98. The Kier molecular flexibility index (Phi) is 3.24. The Morgan fingerprint density at radius 1 is 1.59 bits per heavy atom. The van der Waals surface area contributed by atoms with E-state index in [0.717, 1.165) is 5.82 Å². The normalized spacial score (nSPS) is 10.5. The van der Waals surface area contributed by atoms with Gasteiger partial charge in [0, 0.05) is 19.4 Å². The Morgan fingerprint density at radius 2 is 2.41 bits per heavy atom. The fourth-order valence-corrected chi connectivity index (χ4v) is 1.47. The van der Waals surface area contributed by atoms with Crippen molar-refractivity contribution in [2.75, 3.05) is 7.05 Å². The Bertz CT molecular complexity index is 489. The number of nitrogens with two attached hydrogens (primary N) is 1. The van der Waals surface area contributed by atoms with Gasteiger partial charge >= 0.3 is 0 Å². The number of hydrogen-bond acceptors (Lipinski definition) is 4. The molecule has 3 N–H and O–H groups in total. The largest absolute Gasteiger partial charge is 0.455 e. The average molecular weight is 234 g/mol. The maximum absolute atomic E-state index is 11.9. The summed E-state index contributed by atoms with van der Waals surface area (Å²) in [7, 11) is 1.69. The number of amides is 1. The lowest BCUT2D eigenvalue weighted by Gasteiger charge is -2.13. The van der Waals surface area contributed by atoms with Crippen LogP contribution in [0.15, 0.2) is 28.9 Å². The van der Waals surface area contributed by atoms with Gasteiger partial charge in [0.15, 0.2) is 5.76 Å². The zero-order valence-electron chi connectivity index (χ0n) is 9.51. The van der Waals surface area contributed by atoms with Gasteiger partial charge in [0.05, 0.1) is 13.1 Å². The van der Waals surface area contributed by atoms with Crippen LogP contribution in [-0.2, 0) is 13.1 Å². The second-order valence-corrected chi connectivity index (χ2v) is 3.67. The van der Waals surface area contributed by atoms with Crippen LogP contribution in [0, 0.1) is 0 Å². The van der Waals surface area contributed by atoms with E-state index in [2.05, 4.69) is 9.97 Å². The molecule has 90 valence electrons. The van der Waals surface area contributed by atoms with E-state index in [4.69, 9.17) is 10.2 Å². The van der Waals surface area contributed by atoms with Crippen LogP contribution < -0.4 is 5.73 Å². The van der Waals surface area contributed by atoms with Crippen molar-refractivity contribution < 1.29 is 9.21 Å². The molecule has 0 aliphatic heterocycles. The van der Waals surface area contributed by atoms with Crippen molar-refractivity contribution in [1.82, 2.24) is 14.9 Å². The van der Waals surface area contributed by atoms with Gasteiger partial charge < -0.3 is 20.0 Å². The number of imidazole rings is 1. The van der Waals surface area contributed by atoms with Crippen molar-refractivity contribution in [2.24, 2.45) is 5.73 Å². The lowest BCUT2D eigenvalue weighted by Crippen LogP contribution is -2.26. The Morgan fingerprint density at radius 3 is 3.00 bits per heavy atom. The molecule has 1 amide bonds. The first-order chi connectivity index (χ1) is 8.20. The Labute approximate surface area is 98.4 Å². The third kappa shape index (κ3) is 2.54. The summed E-state index contributed by atoms with van der Waals surface area (Å²) in [4.78, 5) is 20.5.